The monoisotopic (exact) mass is 389 g/mol. The van der Waals surface area contributed by atoms with Gasteiger partial charge in [-0.15, -0.1) is 0 Å². The Morgan fingerprint density at radius 3 is 2.31 bits per heavy atom. The smallest absolute Gasteiger partial charge is 0.326 e. The second-order valence-electron chi connectivity index (χ2n) is 6.94. The van der Waals surface area contributed by atoms with Crippen molar-refractivity contribution in [1.29, 1.82) is 0 Å². The van der Waals surface area contributed by atoms with Gasteiger partial charge in [-0.2, -0.15) is 0 Å². The fraction of sp³-hybridized carbons (Fsp3) is 0.182. The molecule has 0 radical (unpaired) electrons. The molecule has 7 nitrogen and oxygen atoms in total. The van der Waals surface area contributed by atoms with E-state index in [1.807, 2.05) is 34.9 Å². The number of aromatic nitrogens is 2. The molecule has 2 heterocycles. The van der Waals surface area contributed by atoms with E-state index >= 15 is 0 Å². The molecule has 0 saturated heterocycles. The zero-order chi connectivity index (χ0) is 20.4. The van der Waals surface area contributed by atoms with E-state index in [0.29, 0.717) is 12.2 Å². The van der Waals surface area contributed by atoms with Gasteiger partial charge in [0.25, 0.3) is 5.91 Å². The maximum Gasteiger partial charge on any atom is 0.326 e. The van der Waals surface area contributed by atoms with Crippen LogP contribution in [0.25, 0.3) is 0 Å². The molecule has 146 valence electrons. The van der Waals surface area contributed by atoms with E-state index in [9.17, 15) is 19.5 Å². The number of rotatable bonds is 5. The molecule has 0 saturated carbocycles. The molecule has 1 aliphatic rings. The third-order valence-corrected chi connectivity index (χ3v) is 5.09. The number of imidazole rings is 1. The van der Waals surface area contributed by atoms with Crippen LogP contribution in [0.15, 0.2) is 67.0 Å². The highest BCUT2D eigenvalue weighted by molar-refractivity contribution is 6.43. The SMILES string of the molecule is O=C(C(=O)N1Cc2ncn(Cc3ccccc3)c2C[C@H]1C(=O)O)c1ccccc1. The number of hydrogen-bond acceptors (Lipinski definition) is 4. The summed E-state index contributed by atoms with van der Waals surface area (Å²) in [6.07, 6.45) is 1.76. The Morgan fingerprint density at radius 2 is 1.66 bits per heavy atom. The molecular formula is C22H19N3O4. The van der Waals surface area contributed by atoms with Crippen molar-refractivity contribution in [3.8, 4) is 0 Å². The quantitative estimate of drug-likeness (QED) is 0.533. The van der Waals surface area contributed by atoms with Gasteiger partial charge in [0.15, 0.2) is 0 Å². The first kappa shape index (κ1) is 18.6. The molecule has 0 bridgehead atoms. The average molecular weight is 389 g/mol. The van der Waals surface area contributed by atoms with Crippen molar-refractivity contribution in [2.24, 2.45) is 0 Å². The Hall–Kier alpha value is -3.74. The first-order valence-corrected chi connectivity index (χ1v) is 9.24. The van der Waals surface area contributed by atoms with Crippen molar-refractivity contribution in [1.82, 2.24) is 14.5 Å². The third kappa shape index (κ3) is 3.67. The molecule has 1 aromatic heterocycles. The van der Waals surface area contributed by atoms with E-state index in [1.165, 1.54) is 0 Å². The highest BCUT2D eigenvalue weighted by Gasteiger charge is 2.39. The predicted octanol–water partition coefficient (Wildman–Crippen LogP) is 2.15. The van der Waals surface area contributed by atoms with Crippen LogP contribution in [0, 0.1) is 0 Å². The minimum Gasteiger partial charge on any atom is -0.480 e. The van der Waals surface area contributed by atoms with Crippen LogP contribution in [0.4, 0.5) is 0 Å². The van der Waals surface area contributed by atoms with Crippen molar-refractivity contribution < 1.29 is 19.5 Å². The van der Waals surface area contributed by atoms with E-state index < -0.39 is 23.7 Å². The van der Waals surface area contributed by atoms with Crippen LogP contribution in [0.2, 0.25) is 0 Å². The van der Waals surface area contributed by atoms with Crippen LogP contribution < -0.4 is 0 Å². The fourth-order valence-electron chi connectivity index (χ4n) is 3.58. The number of amides is 1. The lowest BCUT2D eigenvalue weighted by molar-refractivity contribution is -0.149. The molecule has 0 unspecified atom stereocenters. The molecule has 3 aromatic rings. The average Bonchev–Trinajstić information content (AvgIpc) is 3.14. The largest absolute Gasteiger partial charge is 0.480 e. The number of aliphatic carboxylic acids is 1. The molecule has 2 aromatic carbocycles. The summed E-state index contributed by atoms with van der Waals surface area (Å²) in [5.74, 6) is -2.69. The van der Waals surface area contributed by atoms with Gasteiger partial charge in [0.1, 0.15) is 6.04 Å². The van der Waals surface area contributed by atoms with Crippen molar-refractivity contribution in [3.05, 3.63) is 89.5 Å². The van der Waals surface area contributed by atoms with Crippen molar-refractivity contribution in [3.63, 3.8) is 0 Å². The maximum absolute atomic E-state index is 12.8. The maximum atomic E-state index is 12.8. The molecule has 4 rings (SSSR count). The summed E-state index contributed by atoms with van der Waals surface area (Å²) in [7, 11) is 0. The van der Waals surface area contributed by atoms with Crippen molar-refractivity contribution in [2.45, 2.75) is 25.6 Å². The van der Waals surface area contributed by atoms with E-state index in [-0.39, 0.29) is 18.5 Å². The number of nitrogens with zero attached hydrogens (tertiary/aromatic N) is 3. The first-order valence-electron chi connectivity index (χ1n) is 9.24. The lowest BCUT2D eigenvalue weighted by Crippen LogP contribution is -2.51. The fourth-order valence-corrected chi connectivity index (χ4v) is 3.58. The highest BCUT2D eigenvalue weighted by atomic mass is 16.4. The molecule has 1 aliphatic heterocycles. The van der Waals surface area contributed by atoms with Crippen LogP contribution in [0.5, 0.6) is 0 Å². The molecule has 7 heteroatoms. The van der Waals surface area contributed by atoms with Gasteiger partial charge in [-0.3, -0.25) is 9.59 Å². The minimum atomic E-state index is -1.14. The number of Topliss-reactive ketones (excluding diaryl/α,β-unsaturated/α-hetero) is 1. The Balaban J connectivity index is 1.61. The van der Waals surface area contributed by atoms with Crippen molar-refractivity contribution in [2.75, 3.05) is 0 Å². The van der Waals surface area contributed by atoms with Crippen LogP contribution >= 0.6 is 0 Å². The van der Waals surface area contributed by atoms with Gasteiger partial charge in [0, 0.05) is 24.2 Å². The van der Waals surface area contributed by atoms with Gasteiger partial charge in [0.2, 0.25) is 5.78 Å². The molecule has 1 N–H and O–H groups in total. The van der Waals surface area contributed by atoms with Gasteiger partial charge in [-0.1, -0.05) is 60.7 Å². The number of hydrogen-bond donors (Lipinski definition) is 1. The second-order valence-corrected chi connectivity index (χ2v) is 6.94. The lowest BCUT2D eigenvalue weighted by atomic mass is 10.00. The Labute approximate surface area is 167 Å². The normalized spacial score (nSPS) is 15.6. The highest BCUT2D eigenvalue weighted by Crippen LogP contribution is 2.24. The van der Waals surface area contributed by atoms with E-state index in [4.69, 9.17) is 0 Å². The molecule has 0 fully saturated rings. The molecule has 0 aliphatic carbocycles. The molecule has 29 heavy (non-hydrogen) atoms. The lowest BCUT2D eigenvalue weighted by Gasteiger charge is -2.32. The van der Waals surface area contributed by atoms with E-state index in [0.717, 1.165) is 16.2 Å². The van der Waals surface area contributed by atoms with Gasteiger partial charge in [-0.05, 0) is 5.56 Å². The Morgan fingerprint density at radius 1 is 1.00 bits per heavy atom. The summed E-state index contributed by atoms with van der Waals surface area (Å²) in [6.45, 7) is 0.553. The van der Waals surface area contributed by atoms with Gasteiger partial charge in [-0.25, -0.2) is 9.78 Å². The van der Waals surface area contributed by atoms with Gasteiger partial charge >= 0.3 is 5.97 Å². The second kappa shape index (κ2) is 7.71. The number of carboxylic acids is 1. The van der Waals surface area contributed by atoms with Crippen LogP contribution in [0.1, 0.15) is 27.3 Å². The minimum absolute atomic E-state index is 0.00844. The summed E-state index contributed by atoms with van der Waals surface area (Å²) in [5.41, 5.74) is 2.70. The first-order chi connectivity index (χ1) is 14.0. The molecule has 0 spiro atoms. The molecular weight excluding hydrogens is 370 g/mol. The summed E-state index contributed by atoms with van der Waals surface area (Å²) in [4.78, 5) is 42.7. The molecule has 1 amide bonds. The number of carbonyl (C=O) groups is 3. The summed E-state index contributed by atoms with van der Waals surface area (Å²) in [5, 5.41) is 9.72. The molecule has 1 atom stereocenters. The third-order valence-electron chi connectivity index (χ3n) is 5.09. The summed E-state index contributed by atoms with van der Waals surface area (Å²) in [6, 6.07) is 16.8. The number of carbonyl (C=O) groups excluding carboxylic acids is 2. The summed E-state index contributed by atoms with van der Waals surface area (Å²) >= 11 is 0. The number of carboxylic acid groups (broad SMARTS) is 1. The number of ketones is 1. The van der Waals surface area contributed by atoms with Gasteiger partial charge in [0.05, 0.1) is 18.6 Å². The van der Waals surface area contributed by atoms with E-state index in [2.05, 4.69) is 4.98 Å². The Bertz CT molecular complexity index is 1060. The number of fused-ring (bicyclic) bond motifs is 1. The van der Waals surface area contributed by atoms with Gasteiger partial charge < -0.3 is 14.6 Å². The summed E-state index contributed by atoms with van der Waals surface area (Å²) < 4.78 is 1.90. The Kier molecular flexibility index (Phi) is 4.95. The van der Waals surface area contributed by atoms with Crippen LogP contribution in [-0.2, 0) is 29.1 Å². The zero-order valence-corrected chi connectivity index (χ0v) is 15.6. The van der Waals surface area contributed by atoms with Crippen LogP contribution in [-0.4, -0.2) is 43.3 Å². The predicted molar refractivity (Wildman–Crippen MR) is 104 cm³/mol. The number of benzene rings is 2. The van der Waals surface area contributed by atoms with Crippen molar-refractivity contribution >= 4 is 17.7 Å². The van der Waals surface area contributed by atoms with Crippen LogP contribution in [0.3, 0.4) is 0 Å². The topological polar surface area (TPSA) is 92.5 Å². The standard InChI is InChI=1S/C22H19N3O4/c26-20(16-9-5-2-6-10-16)21(27)25-13-17-18(11-19(25)22(28)29)24(14-23-17)12-15-7-3-1-4-8-15/h1-10,14,19H,11-13H2,(H,28,29)/t19-/m0/s1. The van der Waals surface area contributed by atoms with E-state index in [1.54, 1.807) is 36.7 Å². The zero-order valence-electron chi connectivity index (χ0n) is 15.6.